The van der Waals surface area contributed by atoms with Crippen LogP contribution < -0.4 is 0 Å². The lowest BCUT2D eigenvalue weighted by atomic mass is 9.67. The largest absolute Gasteiger partial charge is 0.299 e. The van der Waals surface area contributed by atoms with Gasteiger partial charge in [0, 0.05) is 12.3 Å². The van der Waals surface area contributed by atoms with E-state index in [2.05, 4.69) is 27.7 Å². The Morgan fingerprint density at radius 2 is 2.06 bits per heavy atom. The lowest BCUT2D eigenvalue weighted by Gasteiger charge is -2.38. The second-order valence-corrected chi connectivity index (χ2v) is 7.21. The highest BCUT2D eigenvalue weighted by Crippen LogP contribution is 2.83. The maximum Gasteiger partial charge on any atom is 0.137 e. The Bertz CT molecular complexity index is 345. The standard InChI is InChI=1S/C15H24O/c1-9(2)11-5-6-14(4)13-12(16)7-10(3)15(13,14)8-11/h9-11,13H,5-8H2,1-4H3/t10-,11-,13+,14+,15+/m1/s1. The van der Waals surface area contributed by atoms with E-state index in [-0.39, 0.29) is 0 Å². The van der Waals surface area contributed by atoms with Gasteiger partial charge < -0.3 is 0 Å². The Morgan fingerprint density at radius 1 is 1.38 bits per heavy atom. The first kappa shape index (κ1) is 10.8. The second-order valence-electron chi connectivity index (χ2n) is 7.21. The predicted octanol–water partition coefficient (Wildman–Crippen LogP) is 3.67. The molecule has 0 heterocycles. The summed E-state index contributed by atoms with van der Waals surface area (Å²) in [7, 11) is 0. The van der Waals surface area contributed by atoms with Gasteiger partial charge in [0.05, 0.1) is 0 Å². The van der Waals surface area contributed by atoms with Crippen LogP contribution >= 0.6 is 0 Å². The number of carbonyl (C=O) groups excluding carboxylic acids is 1. The molecule has 3 saturated carbocycles. The third kappa shape index (κ3) is 0.966. The molecular formula is C15H24O. The molecule has 3 aliphatic carbocycles. The molecule has 0 amide bonds. The van der Waals surface area contributed by atoms with Crippen molar-refractivity contribution < 1.29 is 4.79 Å². The van der Waals surface area contributed by atoms with E-state index in [1.807, 2.05) is 0 Å². The average molecular weight is 220 g/mol. The molecule has 1 spiro atoms. The SMILES string of the molecule is CC(C)[C@@H]1CC[C@@]2(C)[C@@H]3C(=O)C[C@@H](C)[C@@]32C1. The Kier molecular flexibility index (Phi) is 1.97. The monoisotopic (exact) mass is 220 g/mol. The van der Waals surface area contributed by atoms with E-state index < -0.39 is 0 Å². The molecule has 0 aromatic heterocycles. The van der Waals surface area contributed by atoms with Crippen LogP contribution in [0.5, 0.6) is 0 Å². The van der Waals surface area contributed by atoms with Gasteiger partial charge in [-0.25, -0.2) is 0 Å². The summed E-state index contributed by atoms with van der Waals surface area (Å²) in [6.07, 6.45) is 4.85. The summed E-state index contributed by atoms with van der Waals surface area (Å²) in [5, 5.41) is 0. The summed E-state index contributed by atoms with van der Waals surface area (Å²) in [6, 6.07) is 0. The smallest absolute Gasteiger partial charge is 0.137 e. The summed E-state index contributed by atoms with van der Waals surface area (Å²) in [4.78, 5) is 12.1. The van der Waals surface area contributed by atoms with E-state index in [9.17, 15) is 4.79 Å². The van der Waals surface area contributed by atoms with Crippen LogP contribution in [-0.4, -0.2) is 5.78 Å². The third-order valence-corrected chi connectivity index (χ3v) is 6.42. The van der Waals surface area contributed by atoms with Gasteiger partial charge >= 0.3 is 0 Å². The van der Waals surface area contributed by atoms with Crippen LogP contribution in [0.4, 0.5) is 0 Å². The fourth-order valence-corrected chi connectivity index (χ4v) is 5.40. The quantitative estimate of drug-likeness (QED) is 0.659. The summed E-state index contributed by atoms with van der Waals surface area (Å²) in [5.74, 6) is 3.34. The molecule has 0 radical (unpaired) electrons. The maximum atomic E-state index is 12.1. The molecule has 0 saturated heterocycles. The number of fused-ring (bicyclic) bond motifs is 1. The lowest BCUT2D eigenvalue weighted by molar-refractivity contribution is -0.120. The molecule has 3 rings (SSSR count). The highest BCUT2D eigenvalue weighted by Gasteiger charge is 2.81. The minimum absolute atomic E-state index is 0.396. The van der Waals surface area contributed by atoms with E-state index in [4.69, 9.17) is 0 Å². The summed E-state index contributed by atoms with van der Waals surface area (Å²) >= 11 is 0. The van der Waals surface area contributed by atoms with Crippen molar-refractivity contribution in [1.29, 1.82) is 0 Å². The predicted molar refractivity (Wildman–Crippen MR) is 65.0 cm³/mol. The van der Waals surface area contributed by atoms with Crippen molar-refractivity contribution in [1.82, 2.24) is 0 Å². The molecule has 3 fully saturated rings. The van der Waals surface area contributed by atoms with Gasteiger partial charge in [0.15, 0.2) is 0 Å². The van der Waals surface area contributed by atoms with Crippen LogP contribution in [0.3, 0.4) is 0 Å². The van der Waals surface area contributed by atoms with Gasteiger partial charge in [-0.05, 0) is 47.8 Å². The molecule has 0 aromatic carbocycles. The average Bonchev–Trinajstić information content (AvgIpc) is 2.67. The van der Waals surface area contributed by atoms with Crippen molar-refractivity contribution in [2.75, 3.05) is 0 Å². The van der Waals surface area contributed by atoms with Crippen molar-refractivity contribution in [2.24, 2.45) is 34.5 Å². The van der Waals surface area contributed by atoms with Gasteiger partial charge in [-0.3, -0.25) is 4.79 Å². The molecule has 0 unspecified atom stereocenters. The van der Waals surface area contributed by atoms with Crippen molar-refractivity contribution >= 4 is 5.78 Å². The number of carbonyl (C=O) groups is 1. The summed E-state index contributed by atoms with van der Waals surface area (Å²) < 4.78 is 0. The van der Waals surface area contributed by atoms with Gasteiger partial charge in [0.2, 0.25) is 0 Å². The fraction of sp³-hybridized carbons (Fsp3) is 0.933. The fourth-order valence-electron chi connectivity index (χ4n) is 5.40. The topological polar surface area (TPSA) is 17.1 Å². The number of Topliss-reactive ketones (excluding diaryl/α,β-unsaturated/α-hetero) is 1. The Hall–Kier alpha value is -0.330. The minimum atomic E-state index is 0.396. The Balaban J connectivity index is 1.92. The van der Waals surface area contributed by atoms with Gasteiger partial charge in [-0.1, -0.05) is 27.7 Å². The molecule has 16 heavy (non-hydrogen) atoms. The lowest BCUT2D eigenvalue weighted by Crippen LogP contribution is -2.30. The van der Waals surface area contributed by atoms with Crippen LogP contribution in [0, 0.1) is 34.5 Å². The minimum Gasteiger partial charge on any atom is -0.299 e. The van der Waals surface area contributed by atoms with Crippen molar-refractivity contribution in [3.63, 3.8) is 0 Å². The van der Waals surface area contributed by atoms with Crippen LogP contribution in [0.2, 0.25) is 0 Å². The molecule has 5 atom stereocenters. The van der Waals surface area contributed by atoms with Gasteiger partial charge in [0.25, 0.3) is 0 Å². The first-order chi connectivity index (χ1) is 7.43. The van der Waals surface area contributed by atoms with E-state index >= 15 is 0 Å². The maximum absolute atomic E-state index is 12.1. The van der Waals surface area contributed by atoms with E-state index in [0.29, 0.717) is 28.4 Å². The summed E-state index contributed by atoms with van der Waals surface area (Å²) in [6.45, 7) is 9.42. The van der Waals surface area contributed by atoms with Crippen LogP contribution in [0.15, 0.2) is 0 Å². The third-order valence-electron chi connectivity index (χ3n) is 6.42. The zero-order valence-corrected chi connectivity index (χ0v) is 11.0. The van der Waals surface area contributed by atoms with E-state index in [0.717, 1.165) is 18.3 Å². The van der Waals surface area contributed by atoms with Crippen molar-refractivity contribution in [2.45, 2.75) is 53.4 Å². The molecular weight excluding hydrogens is 196 g/mol. The normalized spacial score (nSPS) is 55.1. The molecule has 90 valence electrons. The Morgan fingerprint density at radius 3 is 2.69 bits per heavy atom. The van der Waals surface area contributed by atoms with Crippen LogP contribution in [0.1, 0.15) is 53.4 Å². The number of hydrogen-bond acceptors (Lipinski definition) is 1. The zero-order valence-electron chi connectivity index (χ0n) is 11.0. The van der Waals surface area contributed by atoms with Gasteiger partial charge in [-0.2, -0.15) is 0 Å². The molecule has 1 heteroatoms. The molecule has 0 aromatic rings. The highest BCUT2D eigenvalue weighted by molar-refractivity contribution is 5.90. The van der Waals surface area contributed by atoms with Crippen molar-refractivity contribution in [3.05, 3.63) is 0 Å². The molecule has 3 aliphatic rings. The molecule has 1 nitrogen and oxygen atoms in total. The molecule has 0 N–H and O–H groups in total. The van der Waals surface area contributed by atoms with E-state index in [1.54, 1.807) is 0 Å². The number of hydrogen-bond donors (Lipinski definition) is 0. The molecule has 0 bridgehead atoms. The Labute approximate surface area is 99.0 Å². The summed E-state index contributed by atoms with van der Waals surface area (Å²) in [5.41, 5.74) is 0.824. The van der Waals surface area contributed by atoms with Gasteiger partial charge in [-0.15, -0.1) is 0 Å². The first-order valence-corrected chi connectivity index (χ1v) is 6.96. The van der Waals surface area contributed by atoms with Crippen molar-refractivity contribution in [3.8, 4) is 0 Å². The van der Waals surface area contributed by atoms with E-state index in [1.165, 1.54) is 19.3 Å². The first-order valence-electron chi connectivity index (χ1n) is 6.96. The molecule has 0 aliphatic heterocycles. The highest BCUT2D eigenvalue weighted by atomic mass is 16.1. The van der Waals surface area contributed by atoms with Gasteiger partial charge in [0.1, 0.15) is 5.78 Å². The number of ketones is 1. The number of rotatable bonds is 1. The second kappa shape index (κ2) is 2.91. The zero-order chi connectivity index (χ0) is 11.7. The van der Waals surface area contributed by atoms with Crippen LogP contribution in [0.25, 0.3) is 0 Å². The van der Waals surface area contributed by atoms with Crippen LogP contribution in [-0.2, 0) is 4.79 Å².